The Hall–Kier alpha value is -0.885. The van der Waals surface area contributed by atoms with Gasteiger partial charge in [0.25, 0.3) is 0 Å². The zero-order chi connectivity index (χ0) is 9.54. The molecule has 2 heteroatoms. The monoisotopic (exact) mass is 196 g/mol. The molecule has 2 unspecified atom stereocenters. The fourth-order valence-electron chi connectivity index (χ4n) is 2.09. The van der Waals surface area contributed by atoms with Crippen molar-refractivity contribution in [2.45, 2.75) is 16.1 Å². The van der Waals surface area contributed by atoms with Crippen LogP contribution in [0.25, 0.3) is 0 Å². The highest BCUT2D eigenvalue weighted by molar-refractivity contribution is 8.00. The number of hydrogen-bond acceptors (Lipinski definition) is 1. The summed E-state index contributed by atoms with van der Waals surface area (Å²) in [4.78, 5) is 1.28. The summed E-state index contributed by atoms with van der Waals surface area (Å²) in [5.74, 6) is 0.531. The van der Waals surface area contributed by atoms with Gasteiger partial charge in [0.15, 0.2) is 0 Å². The molecule has 66 valence electrons. The van der Waals surface area contributed by atoms with Gasteiger partial charge in [0, 0.05) is 16.1 Å². The lowest BCUT2D eigenvalue weighted by molar-refractivity contribution is 0.882. The van der Waals surface area contributed by atoms with Crippen molar-refractivity contribution < 1.29 is 0 Å². The van der Waals surface area contributed by atoms with Gasteiger partial charge in [0.05, 0.1) is 0 Å². The van der Waals surface area contributed by atoms with Gasteiger partial charge in [-0.25, -0.2) is 0 Å². The molecule has 0 spiro atoms. The topological polar surface area (TPSA) is 0 Å². The van der Waals surface area contributed by atoms with Crippen LogP contribution in [0.15, 0.2) is 47.4 Å². The molecule has 0 saturated carbocycles. The smallest absolute Gasteiger partial charge is 0.115 e. The predicted octanol–water partition coefficient (Wildman–Crippen LogP) is 2.16. The second kappa shape index (κ2) is 3.06. The first-order chi connectivity index (χ1) is 6.86. The zero-order valence-electron chi connectivity index (χ0n) is 7.68. The molecule has 0 saturated heterocycles. The van der Waals surface area contributed by atoms with Crippen LogP contribution in [-0.4, -0.2) is 13.1 Å². The number of benzene rings is 1. The molecule has 0 amide bonds. The molecule has 0 aromatic heterocycles. The van der Waals surface area contributed by atoms with E-state index < -0.39 is 0 Å². The molecule has 1 heterocycles. The van der Waals surface area contributed by atoms with Gasteiger partial charge < -0.3 is 0 Å². The first-order valence-corrected chi connectivity index (χ1v) is 5.64. The molecule has 2 radical (unpaired) electrons. The molecule has 0 N–H and O–H groups in total. The Bertz CT molecular complexity index is 434. The van der Waals surface area contributed by atoms with Crippen LogP contribution in [0.3, 0.4) is 0 Å². The minimum absolute atomic E-state index is 0.531. The summed E-state index contributed by atoms with van der Waals surface area (Å²) in [6, 6.07) is 6.22. The quantitative estimate of drug-likeness (QED) is 0.573. The molecule has 3 rings (SSSR count). The summed E-state index contributed by atoms with van der Waals surface area (Å²) in [5.41, 5.74) is 2.31. The third kappa shape index (κ3) is 1.10. The van der Waals surface area contributed by atoms with Crippen LogP contribution < -0.4 is 5.46 Å². The average Bonchev–Trinajstić information content (AvgIpc) is 2.59. The summed E-state index contributed by atoms with van der Waals surface area (Å²) in [7, 11) is 5.96. The van der Waals surface area contributed by atoms with Gasteiger partial charge in [-0.2, -0.15) is 0 Å². The Morgan fingerprint density at radius 1 is 1.14 bits per heavy atom. The first-order valence-electron chi connectivity index (χ1n) is 4.76. The van der Waals surface area contributed by atoms with Gasteiger partial charge in [-0.1, -0.05) is 48.0 Å². The van der Waals surface area contributed by atoms with Crippen LogP contribution in [0.1, 0.15) is 11.5 Å². The van der Waals surface area contributed by atoms with Crippen LogP contribution >= 0.6 is 11.8 Å². The molecule has 0 bridgehead atoms. The maximum absolute atomic E-state index is 5.96. The van der Waals surface area contributed by atoms with Gasteiger partial charge in [0.1, 0.15) is 7.85 Å². The Balaban J connectivity index is 2.15. The largest absolute Gasteiger partial charge is 0.118 e. The summed E-state index contributed by atoms with van der Waals surface area (Å²) in [6.45, 7) is 0. The lowest BCUT2D eigenvalue weighted by Gasteiger charge is -2.14. The minimum atomic E-state index is 0.531. The van der Waals surface area contributed by atoms with Crippen LogP contribution in [-0.2, 0) is 0 Å². The highest BCUT2D eigenvalue weighted by atomic mass is 32.2. The normalized spacial score (nSPS) is 27.4. The van der Waals surface area contributed by atoms with Crippen molar-refractivity contribution in [2.24, 2.45) is 0 Å². The minimum Gasteiger partial charge on any atom is -0.118 e. The van der Waals surface area contributed by atoms with E-state index in [-0.39, 0.29) is 0 Å². The van der Waals surface area contributed by atoms with Crippen molar-refractivity contribution in [3.8, 4) is 0 Å². The van der Waals surface area contributed by atoms with Gasteiger partial charge >= 0.3 is 0 Å². The van der Waals surface area contributed by atoms with Gasteiger partial charge in [0.2, 0.25) is 0 Å². The van der Waals surface area contributed by atoms with E-state index in [0.29, 0.717) is 11.2 Å². The van der Waals surface area contributed by atoms with Crippen molar-refractivity contribution >= 4 is 25.1 Å². The molecule has 1 aromatic rings. The van der Waals surface area contributed by atoms with E-state index in [2.05, 4.69) is 30.4 Å². The van der Waals surface area contributed by atoms with Gasteiger partial charge in [-0.3, -0.25) is 0 Å². The average molecular weight is 196 g/mol. The Morgan fingerprint density at radius 2 is 2.00 bits per heavy atom. The molecular formula is C12H9BS. The lowest BCUT2D eigenvalue weighted by atomic mass is 9.87. The van der Waals surface area contributed by atoms with Crippen molar-refractivity contribution in [3.05, 3.63) is 48.1 Å². The number of thioether (sulfide) groups is 1. The maximum atomic E-state index is 5.96. The van der Waals surface area contributed by atoms with E-state index in [4.69, 9.17) is 7.85 Å². The van der Waals surface area contributed by atoms with Crippen molar-refractivity contribution in [3.63, 3.8) is 0 Å². The second-order valence-corrected chi connectivity index (χ2v) is 4.83. The predicted molar refractivity (Wildman–Crippen MR) is 62.5 cm³/mol. The third-order valence-corrected chi connectivity index (χ3v) is 4.20. The summed E-state index contributed by atoms with van der Waals surface area (Å²) >= 11 is 1.88. The molecule has 1 aliphatic carbocycles. The summed E-state index contributed by atoms with van der Waals surface area (Å²) < 4.78 is 0. The molecular weight excluding hydrogens is 187 g/mol. The highest BCUT2D eigenvalue weighted by Gasteiger charge is 2.31. The Morgan fingerprint density at radius 3 is 2.93 bits per heavy atom. The Labute approximate surface area is 89.5 Å². The van der Waals surface area contributed by atoms with Crippen LogP contribution in [0, 0.1) is 0 Å². The highest BCUT2D eigenvalue weighted by Crippen LogP contribution is 2.46. The van der Waals surface area contributed by atoms with Crippen LogP contribution in [0.4, 0.5) is 0 Å². The first kappa shape index (κ1) is 8.43. The standard InChI is InChI=1S/C12H9BS/c13-10-6-3-5-9-8-4-1-2-7-11(8)14-12(9)10/h1-8,11H. The molecule has 2 aliphatic rings. The Kier molecular flexibility index (Phi) is 1.84. The van der Waals surface area contributed by atoms with E-state index >= 15 is 0 Å². The third-order valence-electron chi connectivity index (χ3n) is 2.77. The molecule has 0 fully saturated rings. The van der Waals surface area contributed by atoms with E-state index in [1.165, 1.54) is 10.5 Å². The van der Waals surface area contributed by atoms with E-state index in [0.717, 1.165) is 5.46 Å². The fraction of sp³-hybridized carbons (Fsp3) is 0.167. The molecule has 0 nitrogen and oxygen atoms in total. The molecule has 14 heavy (non-hydrogen) atoms. The number of fused-ring (bicyclic) bond motifs is 3. The number of hydrogen-bond donors (Lipinski definition) is 0. The lowest BCUT2D eigenvalue weighted by Crippen LogP contribution is -2.07. The fourth-order valence-corrected chi connectivity index (χ4v) is 3.46. The summed E-state index contributed by atoms with van der Waals surface area (Å²) in [6.07, 6.45) is 8.77. The second-order valence-electron chi connectivity index (χ2n) is 3.64. The molecule has 1 aromatic carbocycles. The van der Waals surface area contributed by atoms with Crippen molar-refractivity contribution in [2.75, 3.05) is 0 Å². The van der Waals surface area contributed by atoms with E-state index in [1.807, 2.05) is 23.9 Å². The summed E-state index contributed by atoms with van der Waals surface area (Å²) in [5, 5.41) is 0.555. The van der Waals surface area contributed by atoms with Gasteiger partial charge in [-0.05, 0) is 5.56 Å². The van der Waals surface area contributed by atoms with Crippen LogP contribution in [0.5, 0.6) is 0 Å². The van der Waals surface area contributed by atoms with E-state index in [1.54, 1.807) is 0 Å². The van der Waals surface area contributed by atoms with Crippen LogP contribution in [0.2, 0.25) is 0 Å². The molecule has 2 atom stereocenters. The van der Waals surface area contributed by atoms with Crippen molar-refractivity contribution in [1.82, 2.24) is 0 Å². The zero-order valence-corrected chi connectivity index (χ0v) is 8.50. The van der Waals surface area contributed by atoms with Crippen molar-refractivity contribution in [1.29, 1.82) is 0 Å². The number of allylic oxidation sites excluding steroid dienone is 3. The SMILES string of the molecule is [B]c1cccc2c1SC1C=CC=CC21. The van der Waals surface area contributed by atoms with Gasteiger partial charge in [-0.15, -0.1) is 11.8 Å². The molecule has 1 aliphatic heterocycles. The maximum Gasteiger partial charge on any atom is 0.115 e. The number of rotatable bonds is 0. The van der Waals surface area contributed by atoms with E-state index in [9.17, 15) is 0 Å².